The highest BCUT2D eigenvalue weighted by Crippen LogP contribution is 2.36. The van der Waals surface area contributed by atoms with Crippen molar-refractivity contribution in [3.05, 3.63) is 11.8 Å². The molecule has 1 aliphatic heterocycles. The molecule has 0 saturated carbocycles. The highest BCUT2D eigenvalue weighted by molar-refractivity contribution is 5.44. The van der Waals surface area contributed by atoms with Gasteiger partial charge >= 0.3 is 12.4 Å². The minimum Gasteiger partial charge on any atom is -0.368 e. The molecule has 1 aromatic rings. The third-order valence-corrected chi connectivity index (χ3v) is 3.30. The fraction of sp³-hybridized carbons (Fsp3) is 0.636. The Balaban J connectivity index is 2.16. The van der Waals surface area contributed by atoms with Gasteiger partial charge in [0.25, 0.3) is 0 Å². The van der Waals surface area contributed by atoms with Crippen LogP contribution in [0, 0.1) is 5.92 Å². The van der Waals surface area contributed by atoms with E-state index in [4.69, 9.17) is 5.73 Å². The molecule has 0 amide bonds. The van der Waals surface area contributed by atoms with E-state index in [1.807, 2.05) is 0 Å². The number of rotatable bonds is 1. The number of alkyl halides is 6. The van der Waals surface area contributed by atoms with E-state index >= 15 is 0 Å². The van der Waals surface area contributed by atoms with Gasteiger partial charge in [-0.3, -0.25) is 0 Å². The molecule has 10 heteroatoms. The van der Waals surface area contributed by atoms with Crippen molar-refractivity contribution in [1.82, 2.24) is 9.97 Å². The smallest absolute Gasteiger partial charge is 0.368 e. The van der Waals surface area contributed by atoms with Crippen LogP contribution in [-0.2, 0) is 6.18 Å². The summed E-state index contributed by atoms with van der Waals surface area (Å²) < 4.78 is 75.5. The third-order valence-electron chi connectivity index (χ3n) is 3.30. The molecule has 0 unspecified atom stereocenters. The predicted molar refractivity (Wildman–Crippen MR) is 62.4 cm³/mol. The van der Waals surface area contributed by atoms with E-state index in [1.54, 1.807) is 0 Å². The van der Waals surface area contributed by atoms with Gasteiger partial charge in [-0.2, -0.15) is 31.3 Å². The van der Waals surface area contributed by atoms with Gasteiger partial charge in [0.2, 0.25) is 5.95 Å². The number of hydrogen-bond acceptors (Lipinski definition) is 4. The van der Waals surface area contributed by atoms with Crippen molar-refractivity contribution in [2.45, 2.75) is 25.2 Å². The lowest BCUT2D eigenvalue weighted by Crippen LogP contribution is -2.39. The summed E-state index contributed by atoms with van der Waals surface area (Å²) >= 11 is 0. The van der Waals surface area contributed by atoms with Gasteiger partial charge in [0.05, 0.1) is 5.92 Å². The highest BCUT2D eigenvalue weighted by Gasteiger charge is 2.41. The van der Waals surface area contributed by atoms with Gasteiger partial charge in [0.1, 0.15) is 5.82 Å². The fourth-order valence-electron chi connectivity index (χ4n) is 2.20. The summed E-state index contributed by atoms with van der Waals surface area (Å²) in [6.45, 7) is -0.0597. The lowest BCUT2D eigenvalue weighted by atomic mass is 9.96. The molecule has 0 atom stereocenters. The molecule has 2 rings (SSSR count). The van der Waals surface area contributed by atoms with Crippen molar-refractivity contribution in [2.75, 3.05) is 23.7 Å². The molecule has 2 N–H and O–H groups in total. The minimum absolute atomic E-state index is 0.0298. The van der Waals surface area contributed by atoms with E-state index in [2.05, 4.69) is 9.97 Å². The Bertz CT molecular complexity index is 504. The molecule has 1 aliphatic rings. The zero-order valence-electron chi connectivity index (χ0n) is 10.7. The standard InChI is InChI=1S/C11H12F6N4/c12-10(13,14)6-1-3-21(4-2-6)8-5-7(11(15,16)17)19-9(18)20-8/h5-6H,1-4H2,(H2,18,19,20). The average Bonchev–Trinajstić information content (AvgIpc) is 2.36. The molecule has 0 spiro atoms. The first-order chi connectivity index (χ1) is 9.57. The summed E-state index contributed by atoms with van der Waals surface area (Å²) in [5, 5.41) is 0. The molecule has 0 radical (unpaired) electrons. The summed E-state index contributed by atoms with van der Waals surface area (Å²) in [6.07, 6.45) is -9.34. The van der Waals surface area contributed by atoms with Crippen molar-refractivity contribution >= 4 is 11.8 Å². The highest BCUT2D eigenvalue weighted by atomic mass is 19.4. The van der Waals surface area contributed by atoms with Crippen LogP contribution in [0.3, 0.4) is 0 Å². The van der Waals surface area contributed by atoms with Gasteiger partial charge in [-0.15, -0.1) is 0 Å². The Labute approximate surface area is 116 Å². The molecule has 1 saturated heterocycles. The second-order valence-corrected chi connectivity index (χ2v) is 4.77. The Morgan fingerprint density at radius 2 is 1.62 bits per heavy atom. The molecule has 118 valence electrons. The van der Waals surface area contributed by atoms with E-state index in [0.29, 0.717) is 6.07 Å². The summed E-state index contributed by atoms with van der Waals surface area (Å²) in [4.78, 5) is 8.12. The van der Waals surface area contributed by atoms with Crippen LogP contribution in [0.4, 0.5) is 38.1 Å². The van der Waals surface area contributed by atoms with Crippen LogP contribution < -0.4 is 10.6 Å². The topological polar surface area (TPSA) is 55.0 Å². The van der Waals surface area contributed by atoms with Crippen molar-refractivity contribution in [1.29, 1.82) is 0 Å². The van der Waals surface area contributed by atoms with Crippen LogP contribution in [0.15, 0.2) is 6.07 Å². The summed E-state index contributed by atoms with van der Waals surface area (Å²) in [7, 11) is 0. The number of aromatic nitrogens is 2. The van der Waals surface area contributed by atoms with Gasteiger partial charge in [-0.25, -0.2) is 4.98 Å². The molecule has 4 nitrogen and oxygen atoms in total. The first-order valence-electron chi connectivity index (χ1n) is 6.11. The Morgan fingerprint density at radius 1 is 1.05 bits per heavy atom. The van der Waals surface area contributed by atoms with Crippen molar-refractivity contribution < 1.29 is 26.3 Å². The number of nitrogen functional groups attached to an aromatic ring is 1. The summed E-state index contributed by atoms with van der Waals surface area (Å²) in [5.41, 5.74) is 4.02. The molecule has 0 bridgehead atoms. The lowest BCUT2D eigenvalue weighted by Gasteiger charge is -2.33. The Morgan fingerprint density at radius 3 is 2.10 bits per heavy atom. The molecule has 1 aromatic heterocycles. The van der Waals surface area contributed by atoms with E-state index in [9.17, 15) is 26.3 Å². The Kier molecular flexibility index (Phi) is 3.89. The quantitative estimate of drug-likeness (QED) is 0.810. The van der Waals surface area contributed by atoms with Gasteiger partial charge in [-0.05, 0) is 12.8 Å². The third kappa shape index (κ3) is 3.67. The number of piperidine rings is 1. The first-order valence-corrected chi connectivity index (χ1v) is 6.11. The normalized spacial score (nSPS) is 18.1. The molecular weight excluding hydrogens is 302 g/mol. The predicted octanol–water partition coefficient (Wildman–Crippen LogP) is 2.86. The van der Waals surface area contributed by atoms with E-state index < -0.39 is 29.9 Å². The number of anilines is 2. The maximum absolute atomic E-state index is 12.6. The van der Waals surface area contributed by atoms with Gasteiger partial charge in [0, 0.05) is 19.2 Å². The zero-order valence-corrected chi connectivity index (χ0v) is 10.7. The molecule has 0 aromatic carbocycles. The maximum atomic E-state index is 12.6. The number of hydrogen-bond donors (Lipinski definition) is 1. The Hall–Kier alpha value is -1.74. The van der Waals surface area contributed by atoms with Crippen LogP contribution >= 0.6 is 0 Å². The second-order valence-electron chi connectivity index (χ2n) is 4.77. The van der Waals surface area contributed by atoms with Crippen LogP contribution in [0.5, 0.6) is 0 Å². The van der Waals surface area contributed by atoms with Crippen molar-refractivity contribution in [3.63, 3.8) is 0 Å². The monoisotopic (exact) mass is 314 g/mol. The minimum atomic E-state index is -4.68. The molecule has 2 heterocycles. The van der Waals surface area contributed by atoms with Crippen molar-refractivity contribution in [3.8, 4) is 0 Å². The zero-order chi connectivity index (χ0) is 15.8. The summed E-state index contributed by atoms with van der Waals surface area (Å²) in [5.74, 6) is -2.09. The second kappa shape index (κ2) is 5.23. The van der Waals surface area contributed by atoms with Crippen molar-refractivity contribution in [2.24, 2.45) is 5.92 Å². The molecule has 0 aliphatic carbocycles. The summed E-state index contributed by atoms with van der Waals surface area (Å²) in [6, 6.07) is 0.699. The van der Waals surface area contributed by atoms with E-state index in [-0.39, 0.29) is 31.7 Å². The van der Waals surface area contributed by atoms with Crippen LogP contribution in [0.1, 0.15) is 18.5 Å². The van der Waals surface area contributed by atoms with Crippen LogP contribution in [0.2, 0.25) is 0 Å². The maximum Gasteiger partial charge on any atom is 0.433 e. The lowest BCUT2D eigenvalue weighted by molar-refractivity contribution is -0.179. The largest absolute Gasteiger partial charge is 0.433 e. The van der Waals surface area contributed by atoms with E-state index in [1.165, 1.54) is 4.90 Å². The van der Waals surface area contributed by atoms with Gasteiger partial charge < -0.3 is 10.6 Å². The molecular formula is C11H12F6N4. The van der Waals surface area contributed by atoms with Crippen LogP contribution in [-0.4, -0.2) is 29.2 Å². The average molecular weight is 314 g/mol. The van der Waals surface area contributed by atoms with Gasteiger partial charge in [-0.1, -0.05) is 0 Å². The molecule has 1 fully saturated rings. The number of halogens is 6. The molecule has 21 heavy (non-hydrogen) atoms. The fourth-order valence-corrected chi connectivity index (χ4v) is 2.20. The first kappa shape index (κ1) is 15.6. The number of nitrogens with two attached hydrogens (primary N) is 1. The van der Waals surface area contributed by atoms with Crippen LogP contribution in [0.25, 0.3) is 0 Å². The number of nitrogens with zero attached hydrogens (tertiary/aromatic N) is 3. The van der Waals surface area contributed by atoms with E-state index in [0.717, 1.165) is 0 Å². The van der Waals surface area contributed by atoms with Gasteiger partial charge in [0.15, 0.2) is 5.69 Å². The SMILES string of the molecule is Nc1nc(N2CCC(C(F)(F)F)CC2)cc(C(F)(F)F)n1.